The average molecular weight is 276 g/mol. The second-order valence-electron chi connectivity index (χ2n) is 5.38. The Hall–Kier alpha value is -0.825. The predicted octanol–water partition coefficient (Wildman–Crippen LogP) is 5.11. The van der Waals surface area contributed by atoms with E-state index in [2.05, 4.69) is 56.9 Å². The molecule has 3 heteroatoms. The monoisotopic (exact) mass is 276 g/mol. The summed E-state index contributed by atoms with van der Waals surface area (Å²) in [7, 11) is 0. The topological polar surface area (TPSA) is 24.4 Å². The second-order valence-corrected chi connectivity index (χ2v) is 5.38. The van der Waals surface area contributed by atoms with Crippen LogP contribution in [0.4, 0.5) is 0 Å². The Labute approximate surface area is 126 Å². The van der Waals surface area contributed by atoms with E-state index in [4.69, 9.17) is 0 Å². The maximum absolute atomic E-state index is 4.58. The third-order valence-electron chi connectivity index (χ3n) is 3.43. The fraction of sp³-hybridized carbons (Fsp3) is 0.706. The van der Waals surface area contributed by atoms with Crippen LogP contribution in [-0.2, 0) is 0 Å². The molecule has 0 saturated heterocycles. The lowest BCUT2D eigenvalue weighted by Gasteiger charge is -2.10. The van der Waals surface area contributed by atoms with E-state index in [0.29, 0.717) is 6.85 Å². The zero-order valence-corrected chi connectivity index (χ0v) is 14.2. The zero-order chi connectivity index (χ0) is 15.2. The van der Waals surface area contributed by atoms with Crippen molar-refractivity contribution in [3.63, 3.8) is 0 Å². The van der Waals surface area contributed by atoms with Gasteiger partial charge in [0.15, 0.2) is 0 Å². The third kappa shape index (κ3) is 10.0. The molecule has 0 aromatic carbocycles. The van der Waals surface area contributed by atoms with Crippen molar-refractivity contribution in [2.45, 2.75) is 72.9 Å². The van der Waals surface area contributed by atoms with E-state index in [9.17, 15) is 0 Å². The molecule has 0 bridgehead atoms. The lowest BCUT2D eigenvalue weighted by atomic mass is 9.61. The number of allylic oxidation sites excluding steroid dienone is 3. The van der Waals surface area contributed by atoms with Crippen molar-refractivity contribution in [2.75, 3.05) is 6.54 Å². The Balaban J connectivity index is 4.43. The predicted molar refractivity (Wildman–Crippen MR) is 94.9 cm³/mol. The minimum absolute atomic E-state index is 0.584. The molecule has 0 amide bonds. The molecular formula is C17H33BN2. The summed E-state index contributed by atoms with van der Waals surface area (Å²) in [6.45, 7) is 12.4. The number of unbranched alkanes of at least 4 members (excludes halogenated alkanes) is 2. The molecule has 0 rings (SSSR count). The van der Waals surface area contributed by atoms with Gasteiger partial charge in [-0.25, -0.2) is 0 Å². The standard InChI is InChI=1S/C17H33BN2/c1-6-10-12-16(14-19-17(8-3)9-4)15-20-18(5)13-11-7-2/h8,12,14,20H,6-7,9-11,13,15H2,1-5H3/b16-12-,17-8-,19-14+. The fourth-order valence-corrected chi connectivity index (χ4v) is 1.94. The van der Waals surface area contributed by atoms with Crippen molar-refractivity contribution in [2.24, 2.45) is 4.99 Å². The highest BCUT2D eigenvalue weighted by Gasteiger charge is 2.05. The zero-order valence-electron chi connectivity index (χ0n) is 14.2. The average Bonchev–Trinajstić information content (AvgIpc) is 2.47. The lowest BCUT2D eigenvalue weighted by molar-refractivity contribution is 0.857. The van der Waals surface area contributed by atoms with E-state index in [-0.39, 0.29) is 0 Å². The van der Waals surface area contributed by atoms with Crippen LogP contribution in [0.2, 0.25) is 13.1 Å². The Morgan fingerprint density at radius 2 is 1.95 bits per heavy atom. The molecule has 0 aliphatic carbocycles. The number of nitrogens with one attached hydrogen (secondary N) is 1. The first-order chi connectivity index (χ1) is 9.67. The molecule has 2 nitrogen and oxygen atoms in total. The van der Waals surface area contributed by atoms with Crippen LogP contribution < -0.4 is 5.23 Å². The van der Waals surface area contributed by atoms with Crippen LogP contribution >= 0.6 is 0 Å². The summed E-state index contributed by atoms with van der Waals surface area (Å²) in [4.78, 5) is 4.58. The van der Waals surface area contributed by atoms with Gasteiger partial charge in [-0.15, -0.1) is 0 Å². The lowest BCUT2D eigenvalue weighted by Crippen LogP contribution is -2.32. The molecular weight excluding hydrogens is 243 g/mol. The number of hydrogen-bond donors (Lipinski definition) is 1. The molecule has 114 valence electrons. The van der Waals surface area contributed by atoms with E-state index in [1.54, 1.807) is 0 Å². The van der Waals surface area contributed by atoms with Crippen molar-refractivity contribution < 1.29 is 0 Å². The van der Waals surface area contributed by atoms with Crippen LogP contribution in [0.3, 0.4) is 0 Å². The fourth-order valence-electron chi connectivity index (χ4n) is 1.94. The van der Waals surface area contributed by atoms with Gasteiger partial charge in [0, 0.05) is 18.5 Å². The summed E-state index contributed by atoms with van der Waals surface area (Å²) >= 11 is 0. The highest BCUT2D eigenvalue weighted by molar-refractivity contribution is 6.54. The van der Waals surface area contributed by atoms with Gasteiger partial charge < -0.3 is 5.23 Å². The van der Waals surface area contributed by atoms with Gasteiger partial charge in [0.05, 0.1) is 0 Å². The van der Waals surface area contributed by atoms with Gasteiger partial charge in [-0.1, -0.05) is 65.3 Å². The molecule has 0 aromatic heterocycles. The first-order valence-corrected chi connectivity index (χ1v) is 8.29. The first kappa shape index (κ1) is 19.2. The van der Waals surface area contributed by atoms with Gasteiger partial charge >= 0.3 is 0 Å². The minimum atomic E-state index is 0.584. The van der Waals surface area contributed by atoms with Gasteiger partial charge in [-0.05, 0) is 25.3 Å². The highest BCUT2D eigenvalue weighted by Crippen LogP contribution is 2.04. The van der Waals surface area contributed by atoms with Crippen LogP contribution in [0.25, 0.3) is 0 Å². The largest absolute Gasteiger partial charge is 0.352 e. The van der Waals surface area contributed by atoms with Crippen LogP contribution in [-0.4, -0.2) is 19.6 Å². The van der Waals surface area contributed by atoms with Crippen molar-refractivity contribution >= 4 is 13.1 Å². The summed E-state index contributed by atoms with van der Waals surface area (Å²) in [5.41, 5.74) is 2.47. The molecule has 0 spiro atoms. The molecule has 0 radical (unpaired) electrons. The number of nitrogens with zero attached hydrogens (tertiary/aromatic N) is 1. The van der Waals surface area contributed by atoms with Crippen LogP contribution in [0, 0.1) is 0 Å². The summed E-state index contributed by atoms with van der Waals surface area (Å²) in [5.74, 6) is 0. The van der Waals surface area contributed by atoms with Gasteiger partial charge in [-0.2, -0.15) is 0 Å². The highest BCUT2D eigenvalue weighted by atomic mass is 14.8. The molecule has 0 unspecified atom stereocenters. The van der Waals surface area contributed by atoms with Gasteiger partial charge in [0.1, 0.15) is 0 Å². The van der Waals surface area contributed by atoms with Gasteiger partial charge in [0.2, 0.25) is 6.85 Å². The Morgan fingerprint density at radius 3 is 2.50 bits per heavy atom. The van der Waals surface area contributed by atoms with E-state index in [1.165, 1.54) is 31.2 Å². The quantitative estimate of drug-likeness (QED) is 0.411. The van der Waals surface area contributed by atoms with Crippen molar-refractivity contribution in [1.82, 2.24) is 5.23 Å². The molecule has 0 atom stereocenters. The Kier molecular flexibility index (Phi) is 12.6. The van der Waals surface area contributed by atoms with E-state index in [0.717, 1.165) is 25.1 Å². The summed E-state index contributed by atoms with van der Waals surface area (Å²) in [6.07, 6.45) is 13.6. The maximum Gasteiger partial charge on any atom is 0.217 e. The van der Waals surface area contributed by atoms with Crippen molar-refractivity contribution in [3.05, 3.63) is 23.4 Å². The third-order valence-corrected chi connectivity index (χ3v) is 3.43. The molecule has 20 heavy (non-hydrogen) atoms. The SMILES string of the molecule is C\C=C(CC)/N=C/C(=C/CCC)CNB(C)CCCC. The molecule has 0 heterocycles. The Morgan fingerprint density at radius 1 is 1.20 bits per heavy atom. The summed E-state index contributed by atoms with van der Waals surface area (Å²) in [6, 6.07) is 0. The smallest absolute Gasteiger partial charge is 0.217 e. The van der Waals surface area contributed by atoms with Crippen molar-refractivity contribution in [1.29, 1.82) is 0 Å². The number of hydrogen-bond acceptors (Lipinski definition) is 2. The summed E-state index contributed by atoms with van der Waals surface area (Å²) in [5, 5.41) is 3.61. The molecule has 0 aromatic rings. The first-order valence-electron chi connectivity index (χ1n) is 8.29. The summed E-state index contributed by atoms with van der Waals surface area (Å²) < 4.78 is 0. The molecule has 1 N–H and O–H groups in total. The number of aliphatic imine (C=N–C) groups is 1. The number of rotatable bonds is 11. The molecule has 0 aliphatic heterocycles. The van der Waals surface area contributed by atoms with Gasteiger partial charge in [-0.3, -0.25) is 4.99 Å². The van der Waals surface area contributed by atoms with Crippen LogP contribution in [0.15, 0.2) is 28.4 Å². The Bertz CT molecular complexity index is 319. The van der Waals surface area contributed by atoms with E-state index in [1.807, 2.05) is 6.21 Å². The van der Waals surface area contributed by atoms with Gasteiger partial charge in [0.25, 0.3) is 0 Å². The van der Waals surface area contributed by atoms with E-state index < -0.39 is 0 Å². The second kappa shape index (κ2) is 13.2. The minimum Gasteiger partial charge on any atom is -0.352 e. The van der Waals surface area contributed by atoms with Crippen LogP contribution in [0.1, 0.15) is 59.8 Å². The molecule has 0 saturated carbocycles. The normalized spacial score (nSPS) is 13.2. The molecule has 0 fully saturated rings. The van der Waals surface area contributed by atoms with Crippen LogP contribution in [0.5, 0.6) is 0 Å². The maximum atomic E-state index is 4.58. The van der Waals surface area contributed by atoms with Crippen molar-refractivity contribution in [3.8, 4) is 0 Å². The van der Waals surface area contributed by atoms with E-state index >= 15 is 0 Å². The molecule has 0 aliphatic rings.